The minimum Gasteiger partial charge on any atom is -0.379 e. The first-order valence-corrected chi connectivity index (χ1v) is 9.69. The Hall–Kier alpha value is -2.66. The summed E-state index contributed by atoms with van der Waals surface area (Å²) in [4.78, 5) is 19.8. The number of hydrogen-bond donors (Lipinski definition) is 2. The Morgan fingerprint density at radius 3 is 2.93 bits per heavy atom. The first-order valence-electron chi connectivity index (χ1n) is 8.87. The average Bonchev–Trinajstić information content (AvgIpc) is 3.20. The highest BCUT2D eigenvalue weighted by Crippen LogP contribution is 2.32. The van der Waals surface area contributed by atoms with Crippen molar-refractivity contribution in [3.05, 3.63) is 52.0 Å². The molecule has 1 fully saturated rings. The van der Waals surface area contributed by atoms with E-state index in [2.05, 4.69) is 34.3 Å². The van der Waals surface area contributed by atoms with E-state index in [-0.39, 0.29) is 5.91 Å². The zero-order chi connectivity index (χ0) is 18.8. The Balaban J connectivity index is 1.67. The van der Waals surface area contributed by atoms with Gasteiger partial charge in [0.1, 0.15) is 11.8 Å². The summed E-state index contributed by atoms with van der Waals surface area (Å²) in [5.41, 5.74) is 3.54. The molecule has 138 valence electrons. The van der Waals surface area contributed by atoms with Gasteiger partial charge in [0.2, 0.25) is 0 Å². The highest BCUT2D eigenvalue weighted by atomic mass is 32.1. The number of aromatic amines is 1. The van der Waals surface area contributed by atoms with Crippen molar-refractivity contribution in [3.8, 4) is 6.07 Å². The van der Waals surface area contributed by atoms with E-state index < -0.39 is 0 Å². The molecule has 0 aliphatic carbocycles. The van der Waals surface area contributed by atoms with E-state index in [9.17, 15) is 10.1 Å². The predicted molar refractivity (Wildman–Crippen MR) is 106 cm³/mol. The molecule has 27 heavy (non-hydrogen) atoms. The predicted octanol–water partition coefficient (Wildman–Crippen LogP) is 3.49. The number of aryl methyl sites for hydroxylation is 1. The lowest BCUT2D eigenvalue weighted by Crippen LogP contribution is -2.36. The fraction of sp³-hybridized carbons (Fsp3) is 0.300. The smallest absolute Gasteiger partial charge is 0.272 e. The number of H-pyrrole nitrogens is 1. The van der Waals surface area contributed by atoms with Crippen LogP contribution in [0.1, 0.15) is 26.5 Å². The number of nitrogens with zero attached hydrogens (tertiary/aromatic N) is 2. The number of thiophene rings is 1. The SMILES string of the molecule is Cc1cc2[nH]c(C(=O)Nc3ccccc3C#N)c(CN3CCOCC3)c2s1. The summed E-state index contributed by atoms with van der Waals surface area (Å²) in [6, 6.07) is 11.2. The molecule has 3 aromatic rings. The Morgan fingerprint density at radius 2 is 2.15 bits per heavy atom. The van der Waals surface area contributed by atoms with Gasteiger partial charge in [0.25, 0.3) is 5.91 Å². The molecule has 0 spiro atoms. The number of para-hydroxylation sites is 1. The van der Waals surface area contributed by atoms with Crippen LogP contribution in [-0.2, 0) is 11.3 Å². The topological polar surface area (TPSA) is 81.2 Å². The van der Waals surface area contributed by atoms with Gasteiger partial charge in [-0.15, -0.1) is 11.3 Å². The van der Waals surface area contributed by atoms with Crippen LogP contribution in [-0.4, -0.2) is 42.1 Å². The van der Waals surface area contributed by atoms with Crippen molar-refractivity contribution >= 4 is 33.1 Å². The van der Waals surface area contributed by atoms with E-state index in [1.54, 1.807) is 29.5 Å². The number of aromatic nitrogens is 1. The number of anilines is 1. The van der Waals surface area contributed by atoms with Crippen molar-refractivity contribution in [2.45, 2.75) is 13.5 Å². The third-order valence-electron chi connectivity index (χ3n) is 4.70. The van der Waals surface area contributed by atoms with Gasteiger partial charge < -0.3 is 15.0 Å². The van der Waals surface area contributed by atoms with Gasteiger partial charge in [-0.1, -0.05) is 12.1 Å². The molecule has 7 heteroatoms. The number of nitrogens with one attached hydrogen (secondary N) is 2. The molecule has 0 saturated carbocycles. The summed E-state index contributed by atoms with van der Waals surface area (Å²) < 4.78 is 6.56. The number of amides is 1. The van der Waals surface area contributed by atoms with Crippen molar-refractivity contribution in [3.63, 3.8) is 0 Å². The Bertz CT molecular complexity index is 1020. The number of rotatable bonds is 4. The average molecular weight is 380 g/mol. The lowest BCUT2D eigenvalue weighted by molar-refractivity contribution is 0.0343. The van der Waals surface area contributed by atoms with Gasteiger partial charge in [-0.05, 0) is 25.1 Å². The lowest BCUT2D eigenvalue weighted by atomic mass is 10.1. The van der Waals surface area contributed by atoms with Gasteiger partial charge in [0.15, 0.2) is 0 Å². The summed E-state index contributed by atoms with van der Waals surface area (Å²) in [6.07, 6.45) is 0. The number of nitriles is 1. The highest BCUT2D eigenvalue weighted by molar-refractivity contribution is 7.19. The van der Waals surface area contributed by atoms with Gasteiger partial charge in [-0.3, -0.25) is 9.69 Å². The summed E-state index contributed by atoms with van der Waals surface area (Å²) in [6.45, 7) is 5.92. The molecule has 6 nitrogen and oxygen atoms in total. The van der Waals surface area contributed by atoms with Crippen LogP contribution in [0.5, 0.6) is 0 Å². The molecule has 1 aliphatic heterocycles. The van der Waals surface area contributed by atoms with Crippen molar-refractivity contribution in [2.24, 2.45) is 0 Å². The maximum atomic E-state index is 13.0. The second-order valence-corrected chi connectivity index (χ2v) is 7.83. The Kier molecular flexibility index (Phi) is 4.94. The molecule has 4 rings (SSSR count). The zero-order valence-corrected chi connectivity index (χ0v) is 15.9. The molecule has 0 radical (unpaired) electrons. The standard InChI is InChI=1S/C20H20N4O2S/c1-13-10-17-19(27-13)15(12-24-6-8-26-9-7-24)18(22-17)20(25)23-16-5-3-2-4-14(16)11-21/h2-5,10,22H,6-9,12H2,1H3,(H,23,25). The van der Waals surface area contributed by atoms with E-state index in [0.717, 1.165) is 28.9 Å². The minimum atomic E-state index is -0.220. The maximum absolute atomic E-state index is 13.0. The summed E-state index contributed by atoms with van der Waals surface area (Å²) >= 11 is 1.70. The number of fused-ring (bicyclic) bond motifs is 1. The molecule has 0 atom stereocenters. The van der Waals surface area contributed by atoms with Crippen molar-refractivity contribution in [1.82, 2.24) is 9.88 Å². The molecule has 2 N–H and O–H groups in total. The molecule has 1 amide bonds. The fourth-order valence-electron chi connectivity index (χ4n) is 3.36. The summed E-state index contributed by atoms with van der Waals surface area (Å²) in [5.74, 6) is -0.220. The zero-order valence-electron chi connectivity index (χ0n) is 15.0. The van der Waals surface area contributed by atoms with Gasteiger partial charge in [0.05, 0.1) is 34.7 Å². The van der Waals surface area contributed by atoms with E-state index in [1.807, 2.05) is 6.07 Å². The van der Waals surface area contributed by atoms with Crippen LogP contribution in [0.15, 0.2) is 30.3 Å². The van der Waals surface area contributed by atoms with Crippen LogP contribution in [0.3, 0.4) is 0 Å². The normalized spacial score (nSPS) is 15.0. The summed E-state index contributed by atoms with van der Waals surface area (Å²) in [5, 5.41) is 12.1. The van der Waals surface area contributed by atoms with Crippen molar-refractivity contribution in [1.29, 1.82) is 5.26 Å². The van der Waals surface area contributed by atoms with Crippen LogP contribution in [0.4, 0.5) is 5.69 Å². The van der Waals surface area contributed by atoms with Gasteiger partial charge in [0, 0.05) is 30.1 Å². The first-order chi connectivity index (χ1) is 13.2. The first kappa shape index (κ1) is 17.7. The Labute approximate surface area is 161 Å². The van der Waals surface area contributed by atoms with Crippen molar-refractivity contribution in [2.75, 3.05) is 31.6 Å². The molecule has 3 heterocycles. The van der Waals surface area contributed by atoms with Gasteiger partial charge >= 0.3 is 0 Å². The minimum absolute atomic E-state index is 0.220. The van der Waals surface area contributed by atoms with Crippen molar-refractivity contribution < 1.29 is 9.53 Å². The molecule has 1 saturated heterocycles. The second kappa shape index (κ2) is 7.53. The molecular formula is C20H20N4O2S. The number of benzene rings is 1. The van der Waals surface area contributed by atoms with E-state index in [1.165, 1.54) is 4.88 Å². The number of morpholine rings is 1. The molecule has 0 unspecified atom stereocenters. The molecular weight excluding hydrogens is 360 g/mol. The van der Waals surface area contributed by atoms with Crippen LogP contribution in [0, 0.1) is 18.3 Å². The van der Waals surface area contributed by atoms with Crippen LogP contribution < -0.4 is 5.32 Å². The van der Waals surface area contributed by atoms with E-state index in [4.69, 9.17) is 4.74 Å². The lowest BCUT2D eigenvalue weighted by Gasteiger charge is -2.26. The summed E-state index contributed by atoms with van der Waals surface area (Å²) in [7, 11) is 0. The fourth-order valence-corrected chi connectivity index (χ4v) is 4.37. The molecule has 2 aromatic heterocycles. The van der Waals surface area contributed by atoms with Crippen LogP contribution >= 0.6 is 11.3 Å². The number of carbonyl (C=O) groups is 1. The largest absolute Gasteiger partial charge is 0.379 e. The number of hydrogen-bond acceptors (Lipinski definition) is 5. The Morgan fingerprint density at radius 1 is 1.37 bits per heavy atom. The second-order valence-electron chi connectivity index (χ2n) is 6.58. The third kappa shape index (κ3) is 3.60. The third-order valence-corrected chi connectivity index (χ3v) is 5.81. The van der Waals surface area contributed by atoms with Crippen LogP contribution in [0.25, 0.3) is 10.2 Å². The monoisotopic (exact) mass is 380 g/mol. The van der Waals surface area contributed by atoms with E-state index >= 15 is 0 Å². The number of ether oxygens (including phenoxy) is 1. The van der Waals surface area contributed by atoms with Gasteiger partial charge in [-0.25, -0.2) is 0 Å². The number of carbonyl (C=O) groups excluding carboxylic acids is 1. The van der Waals surface area contributed by atoms with Gasteiger partial charge in [-0.2, -0.15) is 5.26 Å². The highest BCUT2D eigenvalue weighted by Gasteiger charge is 2.23. The van der Waals surface area contributed by atoms with E-state index in [0.29, 0.717) is 36.7 Å². The quantitative estimate of drug-likeness (QED) is 0.726. The van der Waals surface area contributed by atoms with Crippen LogP contribution in [0.2, 0.25) is 0 Å². The molecule has 1 aliphatic rings. The molecule has 1 aromatic carbocycles. The molecule has 0 bridgehead atoms. The maximum Gasteiger partial charge on any atom is 0.272 e.